The Morgan fingerprint density at radius 2 is 2.26 bits per heavy atom. The third-order valence-corrected chi connectivity index (χ3v) is 3.80. The average molecular weight is 324 g/mol. The Labute approximate surface area is 121 Å². The number of imidazole rings is 1. The van der Waals surface area contributed by atoms with E-state index in [0.29, 0.717) is 0 Å². The second kappa shape index (κ2) is 6.21. The molecule has 0 aliphatic rings. The molecule has 1 N–H and O–H groups in total. The van der Waals surface area contributed by atoms with Crippen molar-refractivity contribution in [2.45, 2.75) is 19.5 Å². The minimum Gasteiger partial charge on any atom is -0.496 e. The largest absolute Gasteiger partial charge is 0.496 e. The zero-order valence-electron chi connectivity index (χ0n) is 11.4. The fourth-order valence-electron chi connectivity index (χ4n) is 1.88. The van der Waals surface area contributed by atoms with Crippen LogP contribution in [0.2, 0.25) is 0 Å². The summed E-state index contributed by atoms with van der Waals surface area (Å²) >= 11 is 3.51. The summed E-state index contributed by atoms with van der Waals surface area (Å²) in [5.41, 5.74) is 2.38. The Morgan fingerprint density at radius 1 is 1.47 bits per heavy atom. The first-order valence-corrected chi connectivity index (χ1v) is 6.93. The van der Waals surface area contributed by atoms with Gasteiger partial charge in [0, 0.05) is 25.8 Å². The molecule has 1 aromatic carbocycles. The van der Waals surface area contributed by atoms with Crippen LogP contribution in [0.15, 0.2) is 35.2 Å². The smallest absolute Gasteiger partial charge is 0.133 e. The van der Waals surface area contributed by atoms with Gasteiger partial charge in [0.2, 0.25) is 0 Å². The average Bonchev–Trinajstić information content (AvgIpc) is 2.81. The Hall–Kier alpha value is -1.33. The number of hydrogen-bond acceptors (Lipinski definition) is 3. The van der Waals surface area contributed by atoms with E-state index < -0.39 is 0 Å². The lowest BCUT2D eigenvalue weighted by atomic mass is 10.1. The molecule has 1 heterocycles. The van der Waals surface area contributed by atoms with Gasteiger partial charge < -0.3 is 14.6 Å². The maximum atomic E-state index is 5.24. The Kier molecular flexibility index (Phi) is 4.61. The van der Waals surface area contributed by atoms with E-state index in [4.69, 9.17) is 4.74 Å². The van der Waals surface area contributed by atoms with E-state index in [-0.39, 0.29) is 6.04 Å². The number of methoxy groups -OCH3 is 1. The van der Waals surface area contributed by atoms with E-state index in [0.717, 1.165) is 16.8 Å². The molecular formula is C14H18BrN3O. The summed E-state index contributed by atoms with van der Waals surface area (Å²) in [4.78, 5) is 4.11. The molecule has 102 valence electrons. The summed E-state index contributed by atoms with van der Waals surface area (Å²) in [5, 5.41) is 3.48. The molecular weight excluding hydrogens is 306 g/mol. The van der Waals surface area contributed by atoms with Crippen LogP contribution >= 0.6 is 15.9 Å². The minimum atomic E-state index is 0.261. The van der Waals surface area contributed by atoms with Gasteiger partial charge in [0.25, 0.3) is 0 Å². The molecule has 0 amide bonds. The normalized spacial score (nSPS) is 12.4. The third kappa shape index (κ3) is 3.36. The summed E-state index contributed by atoms with van der Waals surface area (Å²) in [7, 11) is 3.67. The van der Waals surface area contributed by atoms with Crippen molar-refractivity contribution < 1.29 is 4.74 Å². The molecule has 0 fully saturated rings. The molecule has 1 atom stereocenters. The Balaban J connectivity index is 2.02. The predicted octanol–water partition coefficient (Wildman–Crippen LogP) is 3.04. The van der Waals surface area contributed by atoms with E-state index in [2.05, 4.69) is 45.3 Å². The van der Waals surface area contributed by atoms with Gasteiger partial charge in [-0.3, -0.25) is 0 Å². The maximum absolute atomic E-state index is 5.24. The van der Waals surface area contributed by atoms with E-state index in [1.54, 1.807) is 7.11 Å². The molecule has 0 bridgehead atoms. The van der Waals surface area contributed by atoms with Gasteiger partial charge in [0.1, 0.15) is 5.75 Å². The van der Waals surface area contributed by atoms with Crippen LogP contribution < -0.4 is 10.1 Å². The number of nitrogens with zero attached hydrogens (tertiary/aromatic N) is 2. The van der Waals surface area contributed by atoms with Crippen molar-refractivity contribution in [2.24, 2.45) is 7.05 Å². The molecule has 0 aliphatic heterocycles. The highest BCUT2D eigenvalue weighted by Crippen LogP contribution is 2.28. The highest BCUT2D eigenvalue weighted by molar-refractivity contribution is 9.10. The number of aryl methyl sites for hydroxylation is 1. The number of nitrogens with one attached hydrogen (secondary N) is 1. The fourth-order valence-corrected chi connectivity index (χ4v) is 2.44. The van der Waals surface area contributed by atoms with Crippen LogP contribution in [0.5, 0.6) is 5.75 Å². The Bertz CT molecular complexity index is 553. The number of ether oxygens (including phenoxy) is 1. The molecule has 5 heteroatoms. The quantitative estimate of drug-likeness (QED) is 0.919. The van der Waals surface area contributed by atoms with Gasteiger partial charge in [0.05, 0.1) is 23.6 Å². The van der Waals surface area contributed by atoms with Crippen molar-refractivity contribution in [3.63, 3.8) is 0 Å². The number of halogens is 1. The number of benzene rings is 1. The molecule has 0 saturated carbocycles. The van der Waals surface area contributed by atoms with Crippen LogP contribution in [0.1, 0.15) is 24.2 Å². The van der Waals surface area contributed by atoms with Crippen LogP contribution in [0.25, 0.3) is 0 Å². The monoisotopic (exact) mass is 323 g/mol. The summed E-state index contributed by atoms with van der Waals surface area (Å²) < 4.78 is 8.23. The van der Waals surface area contributed by atoms with Crippen LogP contribution in [-0.2, 0) is 13.6 Å². The van der Waals surface area contributed by atoms with Crippen LogP contribution in [0, 0.1) is 0 Å². The topological polar surface area (TPSA) is 39.1 Å². The lowest BCUT2D eigenvalue weighted by Crippen LogP contribution is -2.19. The highest BCUT2D eigenvalue weighted by Gasteiger charge is 2.09. The predicted molar refractivity (Wildman–Crippen MR) is 79.2 cm³/mol. The molecule has 0 saturated heterocycles. The van der Waals surface area contributed by atoms with Gasteiger partial charge in [-0.05, 0) is 40.5 Å². The zero-order valence-corrected chi connectivity index (χ0v) is 12.9. The van der Waals surface area contributed by atoms with Gasteiger partial charge in [-0.1, -0.05) is 6.07 Å². The SMILES string of the molecule is COc1ccc(C(C)NCc2cncn2C)cc1Br. The lowest BCUT2D eigenvalue weighted by molar-refractivity contribution is 0.411. The summed E-state index contributed by atoms with van der Waals surface area (Å²) in [6.45, 7) is 2.94. The van der Waals surface area contributed by atoms with E-state index in [1.165, 1.54) is 11.3 Å². The Morgan fingerprint density at radius 3 is 2.84 bits per heavy atom. The summed E-state index contributed by atoms with van der Waals surface area (Å²) in [6.07, 6.45) is 3.69. The second-order valence-corrected chi connectivity index (χ2v) is 5.35. The van der Waals surface area contributed by atoms with Crippen molar-refractivity contribution in [2.75, 3.05) is 7.11 Å². The maximum Gasteiger partial charge on any atom is 0.133 e. The molecule has 2 aromatic rings. The van der Waals surface area contributed by atoms with E-state index in [9.17, 15) is 0 Å². The number of rotatable bonds is 5. The second-order valence-electron chi connectivity index (χ2n) is 4.49. The van der Waals surface area contributed by atoms with Gasteiger partial charge in [-0.15, -0.1) is 0 Å². The van der Waals surface area contributed by atoms with Gasteiger partial charge in [-0.2, -0.15) is 0 Å². The molecule has 0 radical (unpaired) electrons. The van der Waals surface area contributed by atoms with Crippen molar-refractivity contribution in [3.8, 4) is 5.75 Å². The highest BCUT2D eigenvalue weighted by atomic mass is 79.9. The lowest BCUT2D eigenvalue weighted by Gasteiger charge is -2.15. The number of aromatic nitrogens is 2. The fraction of sp³-hybridized carbons (Fsp3) is 0.357. The van der Waals surface area contributed by atoms with Crippen molar-refractivity contribution in [3.05, 3.63) is 46.5 Å². The first-order valence-electron chi connectivity index (χ1n) is 6.14. The molecule has 0 aliphatic carbocycles. The van der Waals surface area contributed by atoms with Crippen molar-refractivity contribution in [1.29, 1.82) is 0 Å². The van der Waals surface area contributed by atoms with Crippen LogP contribution in [-0.4, -0.2) is 16.7 Å². The molecule has 2 rings (SSSR count). The van der Waals surface area contributed by atoms with Gasteiger partial charge in [-0.25, -0.2) is 4.98 Å². The molecule has 1 aromatic heterocycles. The first kappa shape index (κ1) is 14.1. The standard InChI is InChI=1S/C14H18BrN3O/c1-10(17-8-12-7-16-9-18(12)2)11-4-5-14(19-3)13(15)6-11/h4-7,9-10,17H,8H2,1-3H3. The third-order valence-electron chi connectivity index (χ3n) is 3.18. The van der Waals surface area contributed by atoms with Crippen molar-refractivity contribution in [1.82, 2.24) is 14.9 Å². The van der Waals surface area contributed by atoms with E-state index >= 15 is 0 Å². The molecule has 19 heavy (non-hydrogen) atoms. The summed E-state index contributed by atoms with van der Waals surface area (Å²) in [6, 6.07) is 6.39. The molecule has 4 nitrogen and oxygen atoms in total. The molecule has 0 spiro atoms. The number of hydrogen-bond donors (Lipinski definition) is 1. The minimum absolute atomic E-state index is 0.261. The van der Waals surface area contributed by atoms with E-state index in [1.807, 2.05) is 30.2 Å². The van der Waals surface area contributed by atoms with Crippen molar-refractivity contribution >= 4 is 15.9 Å². The van der Waals surface area contributed by atoms with Gasteiger partial charge in [0.15, 0.2) is 0 Å². The first-order chi connectivity index (χ1) is 9.11. The summed E-state index contributed by atoms with van der Waals surface area (Å²) in [5.74, 6) is 0.850. The van der Waals surface area contributed by atoms with Crippen LogP contribution in [0.4, 0.5) is 0 Å². The van der Waals surface area contributed by atoms with Crippen LogP contribution in [0.3, 0.4) is 0 Å². The molecule has 1 unspecified atom stereocenters. The van der Waals surface area contributed by atoms with Gasteiger partial charge >= 0.3 is 0 Å². The zero-order chi connectivity index (χ0) is 13.8.